The molecule has 0 aliphatic carbocycles. The number of hydrazone groups is 1. The summed E-state index contributed by atoms with van der Waals surface area (Å²) in [5.41, 5.74) is 3.30. The van der Waals surface area contributed by atoms with Gasteiger partial charge in [-0.3, -0.25) is 9.59 Å². The Balaban J connectivity index is 1.84. The number of nitrogens with zero attached hydrogens (tertiary/aromatic N) is 1. The number of halogens is 1. The summed E-state index contributed by atoms with van der Waals surface area (Å²) in [6.07, 6.45) is 1.40. The third-order valence-electron chi connectivity index (χ3n) is 3.18. The maximum atomic E-state index is 11.9. The van der Waals surface area contributed by atoms with Crippen LogP contribution in [0.5, 0.6) is 11.5 Å². The molecule has 136 valence electrons. The van der Waals surface area contributed by atoms with Crippen LogP contribution in [-0.2, 0) is 4.79 Å². The Morgan fingerprint density at radius 3 is 2.81 bits per heavy atom. The average molecular weight is 376 g/mol. The van der Waals surface area contributed by atoms with Gasteiger partial charge in [0.15, 0.2) is 11.5 Å². The second-order valence-electron chi connectivity index (χ2n) is 5.15. The van der Waals surface area contributed by atoms with E-state index in [2.05, 4.69) is 15.8 Å². The van der Waals surface area contributed by atoms with Crippen molar-refractivity contribution in [1.82, 2.24) is 10.7 Å². The largest absolute Gasteiger partial charge is 0.504 e. The van der Waals surface area contributed by atoms with Crippen LogP contribution in [0.1, 0.15) is 22.8 Å². The number of benzene rings is 2. The second-order valence-corrected chi connectivity index (χ2v) is 5.58. The van der Waals surface area contributed by atoms with E-state index in [0.29, 0.717) is 28.5 Å². The zero-order valence-electron chi connectivity index (χ0n) is 14.0. The first kappa shape index (κ1) is 19.3. The number of rotatable bonds is 7. The molecular formula is C18H18ClN3O4. The van der Waals surface area contributed by atoms with Crippen LogP contribution < -0.4 is 15.5 Å². The summed E-state index contributed by atoms with van der Waals surface area (Å²) < 4.78 is 5.26. The molecule has 0 heterocycles. The molecule has 26 heavy (non-hydrogen) atoms. The van der Waals surface area contributed by atoms with E-state index in [9.17, 15) is 14.7 Å². The Labute approximate surface area is 155 Å². The highest BCUT2D eigenvalue weighted by Gasteiger charge is 2.08. The molecule has 2 rings (SSSR count). The SMILES string of the molecule is CCOc1cc(/C=N/NC(=O)CNC(=O)c2cccc(Cl)c2)ccc1O. The van der Waals surface area contributed by atoms with Gasteiger partial charge in [-0.1, -0.05) is 17.7 Å². The monoisotopic (exact) mass is 375 g/mol. The van der Waals surface area contributed by atoms with Crippen LogP contribution in [0.2, 0.25) is 5.02 Å². The van der Waals surface area contributed by atoms with Crippen molar-refractivity contribution in [2.24, 2.45) is 5.10 Å². The van der Waals surface area contributed by atoms with E-state index in [-0.39, 0.29) is 12.3 Å². The number of phenols is 1. The third-order valence-corrected chi connectivity index (χ3v) is 3.42. The predicted molar refractivity (Wildman–Crippen MR) is 98.8 cm³/mol. The fourth-order valence-electron chi connectivity index (χ4n) is 1.99. The summed E-state index contributed by atoms with van der Waals surface area (Å²) in [5, 5.41) is 16.3. The van der Waals surface area contributed by atoms with E-state index in [0.717, 1.165) is 0 Å². The van der Waals surface area contributed by atoms with Gasteiger partial charge in [0.25, 0.3) is 11.8 Å². The molecule has 0 aliphatic heterocycles. The molecule has 7 nitrogen and oxygen atoms in total. The number of hydrogen-bond acceptors (Lipinski definition) is 5. The molecule has 0 atom stereocenters. The van der Waals surface area contributed by atoms with Crippen molar-refractivity contribution in [3.8, 4) is 11.5 Å². The van der Waals surface area contributed by atoms with Crippen molar-refractivity contribution in [1.29, 1.82) is 0 Å². The van der Waals surface area contributed by atoms with Gasteiger partial charge < -0.3 is 15.2 Å². The number of carbonyl (C=O) groups is 2. The Kier molecular flexibility index (Phi) is 6.99. The number of carbonyl (C=O) groups excluding carboxylic acids is 2. The topological polar surface area (TPSA) is 100 Å². The number of hydrogen-bond donors (Lipinski definition) is 3. The van der Waals surface area contributed by atoms with Crippen molar-refractivity contribution in [2.45, 2.75) is 6.92 Å². The lowest BCUT2D eigenvalue weighted by atomic mass is 10.2. The number of ether oxygens (including phenoxy) is 1. The summed E-state index contributed by atoms with van der Waals surface area (Å²) in [4.78, 5) is 23.6. The summed E-state index contributed by atoms with van der Waals surface area (Å²) in [6, 6.07) is 11.1. The summed E-state index contributed by atoms with van der Waals surface area (Å²) >= 11 is 5.82. The molecule has 0 saturated heterocycles. The van der Waals surface area contributed by atoms with Gasteiger partial charge in [-0.2, -0.15) is 5.10 Å². The number of nitrogens with one attached hydrogen (secondary N) is 2. The molecular weight excluding hydrogens is 358 g/mol. The van der Waals surface area contributed by atoms with Crippen LogP contribution in [0.4, 0.5) is 0 Å². The molecule has 2 aromatic carbocycles. The highest BCUT2D eigenvalue weighted by Crippen LogP contribution is 2.26. The van der Waals surface area contributed by atoms with Gasteiger partial charge in [0.05, 0.1) is 19.4 Å². The van der Waals surface area contributed by atoms with Gasteiger partial charge in [-0.25, -0.2) is 5.43 Å². The van der Waals surface area contributed by atoms with Crippen LogP contribution in [0, 0.1) is 0 Å². The van der Waals surface area contributed by atoms with Crippen molar-refractivity contribution in [3.05, 3.63) is 58.6 Å². The Morgan fingerprint density at radius 1 is 1.27 bits per heavy atom. The van der Waals surface area contributed by atoms with Gasteiger partial charge >= 0.3 is 0 Å². The van der Waals surface area contributed by atoms with Crippen molar-refractivity contribution in [3.63, 3.8) is 0 Å². The summed E-state index contributed by atoms with van der Waals surface area (Å²) in [7, 11) is 0. The van der Waals surface area contributed by atoms with Crippen LogP contribution >= 0.6 is 11.6 Å². The summed E-state index contributed by atoms with van der Waals surface area (Å²) in [6.45, 7) is 1.98. The smallest absolute Gasteiger partial charge is 0.259 e. The Bertz CT molecular complexity index is 824. The van der Waals surface area contributed by atoms with Crippen molar-refractivity contribution >= 4 is 29.6 Å². The van der Waals surface area contributed by atoms with Crippen LogP contribution in [0.3, 0.4) is 0 Å². The molecule has 8 heteroatoms. The van der Waals surface area contributed by atoms with E-state index in [1.165, 1.54) is 18.3 Å². The molecule has 0 bridgehead atoms. The zero-order chi connectivity index (χ0) is 18.9. The minimum atomic E-state index is -0.486. The van der Waals surface area contributed by atoms with Crippen LogP contribution in [0.25, 0.3) is 0 Å². The Hall–Kier alpha value is -3.06. The minimum absolute atomic E-state index is 0.0248. The van der Waals surface area contributed by atoms with E-state index in [4.69, 9.17) is 16.3 Å². The molecule has 0 aromatic heterocycles. The molecule has 0 spiro atoms. The molecule has 0 fully saturated rings. The highest BCUT2D eigenvalue weighted by molar-refractivity contribution is 6.30. The minimum Gasteiger partial charge on any atom is -0.504 e. The van der Waals surface area contributed by atoms with Gasteiger partial charge in [0.2, 0.25) is 0 Å². The van der Waals surface area contributed by atoms with Crippen molar-refractivity contribution < 1.29 is 19.4 Å². The first-order chi connectivity index (χ1) is 12.5. The lowest BCUT2D eigenvalue weighted by Crippen LogP contribution is -2.34. The average Bonchev–Trinajstić information content (AvgIpc) is 2.62. The molecule has 2 amide bonds. The first-order valence-electron chi connectivity index (χ1n) is 7.81. The lowest BCUT2D eigenvalue weighted by molar-refractivity contribution is -0.120. The van der Waals surface area contributed by atoms with Gasteiger partial charge in [-0.15, -0.1) is 0 Å². The fraction of sp³-hybridized carbons (Fsp3) is 0.167. The second kappa shape index (κ2) is 9.43. The molecule has 0 saturated carbocycles. The first-order valence-corrected chi connectivity index (χ1v) is 8.19. The quantitative estimate of drug-likeness (QED) is 0.510. The maximum Gasteiger partial charge on any atom is 0.259 e. The predicted octanol–water partition coefficient (Wildman–Crippen LogP) is 2.32. The molecule has 3 N–H and O–H groups in total. The molecule has 0 radical (unpaired) electrons. The molecule has 0 aliphatic rings. The maximum absolute atomic E-state index is 11.9. The van der Waals surface area contributed by atoms with Gasteiger partial charge in [-0.05, 0) is 48.9 Å². The molecule has 2 aromatic rings. The number of aromatic hydroxyl groups is 1. The van der Waals surface area contributed by atoms with Crippen molar-refractivity contribution in [2.75, 3.05) is 13.2 Å². The lowest BCUT2D eigenvalue weighted by Gasteiger charge is -2.06. The zero-order valence-corrected chi connectivity index (χ0v) is 14.8. The third kappa shape index (κ3) is 5.78. The number of phenolic OH excluding ortho intramolecular Hbond substituents is 1. The van der Waals surface area contributed by atoms with E-state index in [1.54, 1.807) is 37.3 Å². The highest BCUT2D eigenvalue weighted by atomic mass is 35.5. The van der Waals surface area contributed by atoms with Gasteiger partial charge in [0, 0.05) is 10.6 Å². The fourth-order valence-corrected chi connectivity index (χ4v) is 2.18. The standard InChI is InChI=1S/C18H18ClN3O4/c1-2-26-16-8-12(6-7-15(16)23)10-21-22-17(24)11-20-18(25)13-4-3-5-14(19)9-13/h3-10,23H,2,11H2,1H3,(H,20,25)(H,22,24)/b21-10+. The number of amides is 2. The van der Waals surface area contributed by atoms with E-state index >= 15 is 0 Å². The van der Waals surface area contributed by atoms with Crippen LogP contribution in [-0.4, -0.2) is 36.3 Å². The normalized spacial score (nSPS) is 10.5. The Morgan fingerprint density at radius 2 is 2.08 bits per heavy atom. The van der Waals surface area contributed by atoms with E-state index < -0.39 is 11.8 Å². The summed E-state index contributed by atoms with van der Waals surface area (Å²) in [5.74, 6) is -0.541. The van der Waals surface area contributed by atoms with Gasteiger partial charge in [0.1, 0.15) is 0 Å². The molecule has 0 unspecified atom stereocenters. The van der Waals surface area contributed by atoms with E-state index in [1.807, 2.05) is 0 Å². The van der Waals surface area contributed by atoms with Crippen LogP contribution in [0.15, 0.2) is 47.6 Å².